The van der Waals surface area contributed by atoms with Crippen LogP contribution in [0.3, 0.4) is 0 Å². The van der Waals surface area contributed by atoms with E-state index in [0.717, 1.165) is 13.0 Å². The summed E-state index contributed by atoms with van der Waals surface area (Å²) in [6.45, 7) is 3.02. The average Bonchev–Trinajstić information content (AvgIpc) is 2.38. The summed E-state index contributed by atoms with van der Waals surface area (Å²) in [5.74, 6) is -0.191. The van der Waals surface area contributed by atoms with Gasteiger partial charge in [0.25, 0.3) is 0 Å². The highest BCUT2D eigenvalue weighted by Crippen LogP contribution is 2.24. The van der Waals surface area contributed by atoms with Crippen LogP contribution in [0.1, 0.15) is 26.2 Å². The summed E-state index contributed by atoms with van der Waals surface area (Å²) in [6, 6.07) is 10.7. The van der Waals surface area contributed by atoms with E-state index in [0.29, 0.717) is 12.6 Å². The van der Waals surface area contributed by atoms with Crippen LogP contribution >= 0.6 is 0 Å². The minimum absolute atomic E-state index is 0.191. The molecule has 1 aromatic rings. The second-order valence-electron chi connectivity index (χ2n) is 4.48. The molecule has 1 aliphatic heterocycles. The molecule has 1 atom stereocenters. The number of ether oxygens (including phenoxy) is 1. The number of piperidine rings is 1. The molecule has 0 amide bonds. The van der Waals surface area contributed by atoms with Crippen molar-refractivity contribution in [2.24, 2.45) is 0 Å². The first-order valence-corrected chi connectivity index (χ1v) is 6.22. The van der Waals surface area contributed by atoms with Crippen molar-refractivity contribution < 1.29 is 9.53 Å². The van der Waals surface area contributed by atoms with E-state index in [4.69, 9.17) is 4.74 Å². The predicted molar refractivity (Wildman–Crippen MR) is 68.1 cm³/mol. The fourth-order valence-electron chi connectivity index (χ4n) is 2.35. The van der Waals surface area contributed by atoms with E-state index in [9.17, 15) is 4.79 Å². The van der Waals surface area contributed by atoms with Gasteiger partial charge in [0.15, 0.2) is 0 Å². The van der Waals surface area contributed by atoms with Crippen LogP contribution in [0.15, 0.2) is 30.3 Å². The number of hydrogen-bond donors (Lipinski definition) is 0. The van der Waals surface area contributed by atoms with Crippen molar-refractivity contribution in [3.8, 4) is 0 Å². The van der Waals surface area contributed by atoms with E-state index in [-0.39, 0.29) is 5.97 Å². The van der Waals surface area contributed by atoms with Crippen molar-refractivity contribution in [3.05, 3.63) is 30.3 Å². The Morgan fingerprint density at radius 3 is 2.82 bits per heavy atom. The number of anilines is 1. The second kappa shape index (κ2) is 5.71. The summed E-state index contributed by atoms with van der Waals surface area (Å²) in [7, 11) is 0. The Hall–Kier alpha value is -1.51. The molecular weight excluding hydrogens is 214 g/mol. The maximum Gasteiger partial charge on any atom is 0.302 e. The molecule has 1 aliphatic rings. The highest BCUT2D eigenvalue weighted by atomic mass is 16.5. The van der Waals surface area contributed by atoms with Gasteiger partial charge >= 0.3 is 5.97 Å². The third-order valence-corrected chi connectivity index (χ3v) is 3.19. The van der Waals surface area contributed by atoms with Gasteiger partial charge in [-0.15, -0.1) is 0 Å². The van der Waals surface area contributed by atoms with Gasteiger partial charge in [0, 0.05) is 19.2 Å². The normalized spacial score (nSPS) is 20.1. The van der Waals surface area contributed by atoms with Gasteiger partial charge in [0.05, 0.1) is 6.04 Å². The molecular formula is C14H19NO2. The lowest BCUT2D eigenvalue weighted by Gasteiger charge is -2.37. The maximum absolute atomic E-state index is 10.9. The van der Waals surface area contributed by atoms with Gasteiger partial charge in [-0.3, -0.25) is 4.79 Å². The molecule has 3 nitrogen and oxygen atoms in total. The fraction of sp³-hybridized carbons (Fsp3) is 0.500. The zero-order chi connectivity index (χ0) is 12.1. The number of hydrogen-bond acceptors (Lipinski definition) is 3. The van der Waals surface area contributed by atoms with Crippen LogP contribution in [-0.2, 0) is 9.53 Å². The molecule has 1 saturated heterocycles. The molecule has 0 N–H and O–H groups in total. The topological polar surface area (TPSA) is 29.5 Å². The molecule has 0 aromatic heterocycles. The van der Waals surface area contributed by atoms with E-state index in [1.54, 1.807) is 0 Å². The Balaban J connectivity index is 2.04. The Labute approximate surface area is 102 Å². The molecule has 0 radical (unpaired) electrons. The smallest absolute Gasteiger partial charge is 0.302 e. The van der Waals surface area contributed by atoms with Crippen LogP contribution in [0.4, 0.5) is 5.69 Å². The zero-order valence-corrected chi connectivity index (χ0v) is 10.3. The van der Waals surface area contributed by atoms with Crippen molar-refractivity contribution in [2.45, 2.75) is 32.2 Å². The van der Waals surface area contributed by atoms with E-state index in [2.05, 4.69) is 17.0 Å². The largest absolute Gasteiger partial charge is 0.464 e. The standard InChI is InChI=1S/C14H19NO2/c1-12(16)17-11-14-9-5-6-10-15(14)13-7-3-2-4-8-13/h2-4,7-8,14H,5-6,9-11H2,1H3. The zero-order valence-electron chi connectivity index (χ0n) is 10.3. The average molecular weight is 233 g/mol. The third kappa shape index (κ3) is 3.22. The molecule has 1 unspecified atom stereocenters. The third-order valence-electron chi connectivity index (χ3n) is 3.19. The van der Waals surface area contributed by atoms with Crippen LogP contribution in [0.2, 0.25) is 0 Å². The van der Waals surface area contributed by atoms with Gasteiger partial charge < -0.3 is 9.64 Å². The number of carbonyl (C=O) groups is 1. The van der Waals surface area contributed by atoms with Crippen molar-refractivity contribution in [3.63, 3.8) is 0 Å². The molecule has 2 rings (SSSR count). The molecule has 92 valence electrons. The first-order chi connectivity index (χ1) is 8.27. The molecule has 17 heavy (non-hydrogen) atoms. The van der Waals surface area contributed by atoms with Gasteiger partial charge in [-0.25, -0.2) is 0 Å². The number of benzene rings is 1. The maximum atomic E-state index is 10.9. The molecule has 1 heterocycles. The SMILES string of the molecule is CC(=O)OCC1CCCCN1c1ccccc1. The van der Waals surface area contributed by atoms with Crippen LogP contribution in [0, 0.1) is 0 Å². The Morgan fingerprint density at radius 1 is 1.35 bits per heavy atom. The van der Waals surface area contributed by atoms with Gasteiger partial charge in [-0.05, 0) is 31.4 Å². The van der Waals surface area contributed by atoms with Gasteiger partial charge in [0.2, 0.25) is 0 Å². The molecule has 0 aliphatic carbocycles. The van der Waals surface area contributed by atoms with Gasteiger partial charge in [-0.1, -0.05) is 18.2 Å². The quantitative estimate of drug-likeness (QED) is 0.752. The van der Waals surface area contributed by atoms with Crippen molar-refractivity contribution in [1.82, 2.24) is 0 Å². The summed E-state index contributed by atoms with van der Waals surface area (Å²) >= 11 is 0. The highest BCUT2D eigenvalue weighted by molar-refractivity contribution is 5.66. The molecule has 1 aromatic carbocycles. The predicted octanol–water partition coefficient (Wildman–Crippen LogP) is 2.61. The molecule has 0 saturated carbocycles. The number of nitrogens with zero attached hydrogens (tertiary/aromatic N) is 1. The van der Waals surface area contributed by atoms with Crippen molar-refractivity contribution in [1.29, 1.82) is 0 Å². The van der Waals surface area contributed by atoms with E-state index < -0.39 is 0 Å². The number of carbonyl (C=O) groups excluding carboxylic acids is 1. The van der Waals surface area contributed by atoms with Crippen LogP contribution in [0.25, 0.3) is 0 Å². The van der Waals surface area contributed by atoms with E-state index in [1.165, 1.54) is 25.5 Å². The minimum Gasteiger partial charge on any atom is -0.464 e. The lowest BCUT2D eigenvalue weighted by atomic mass is 10.0. The van der Waals surface area contributed by atoms with Crippen molar-refractivity contribution >= 4 is 11.7 Å². The number of rotatable bonds is 3. The molecule has 1 fully saturated rings. The molecule has 0 bridgehead atoms. The van der Waals surface area contributed by atoms with Gasteiger partial charge in [0.1, 0.15) is 6.61 Å². The summed E-state index contributed by atoms with van der Waals surface area (Å²) in [6.07, 6.45) is 3.53. The second-order valence-corrected chi connectivity index (χ2v) is 4.48. The number of esters is 1. The van der Waals surface area contributed by atoms with Crippen LogP contribution < -0.4 is 4.90 Å². The summed E-state index contributed by atoms with van der Waals surface area (Å²) in [4.78, 5) is 13.2. The van der Waals surface area contributed by atoms with Gasteiger partial charge in [-0.2, -0.15) is 0 Å². The molecule has 0 spiro atoms. The fourth-order valence-corrected chi connectivity index (χ4v) is 2.35. The first kappa shape index (κ1) is 12.0. The Kier molecular flexibility index (Phi) is 4.02. The van der Waals surface area contributed by atoms with Crippen LogP contribution in [-0.4, -0.2) is 25.2 Å². The first-order valence-electron chi connectivity index (χ1n) is 6.22. The lowest BCUT2D eigenvalue weighted by Crippen LogP contribution is -2.42. The minimum atomic E-state index is -0.191. The Bertz CT molecular complexity index is 364. The number of para-hydroxylation sites is 1. The molecule has 3 heteroatoms. The summed E-state index contributed by atoms with van der Waals surface area (Å²) in [5, 5.41) is 0. The summed E-state index contributed by atoms with van der Waals surface area (Å²) < 4.78 is 5.15. The van der Waals surface area contributed by atoms with E-state index >= 15 is 0 Å². The van der Waals surface area contributed by atoms with Crippen molar-refractivity contribution in [2.75, 3.05) is 18.1 Å². The van der Waals surface area contributed by atoms with Crippen LogP contribution in [0.5, 0.6) is 0 Å². The Morgan fingerprint density at radius 2 is 2.12 bits per heavy atom. The van der Waals surface area contributed by atoms with E-state index in [1.807, 2.05) is 18.2 Å². The monoisotopic (exact) mass is 233 g/mol. The highest BCUT2D eigenvalue weighted by Gasteiger charge is 2.23. The summed E-state index contributed by atoms with van der Waals surface area (Å²) in [5.41, 5.74) is 1.23. The lowest BCUT2D eigenvalue weighted by molar-refractivity contribution is -0.141.